The fourth-order valence-corrected chi connectivity index (χ4v) is 2.22. The third-order valence-corrected chi connectivity index (χ3v) is 3.48. The van der Waals surface area contributed by atoms with Crippen molar-refractivity contribution in [3.8, 4) is 0 Å². The first-order valence-electron chi connectivity index (χ1n) is 6.04. The van der Waals surface area contributed by atoms with Gasteiger partial charge in [-0.1, -0.05) is 30.1 Å². The van der Waals surface area contributed by atoms with Crippen molar-refractivity contribution in [3.63, 3.8) is 0 Å². The Labute approximate surface area is 118 Å². The largest absolute Gasteiger partial charge is 0.395 e. The molecule has 0 amide bonds. The lowest BCUT2D eigenvalue weighted by atomic mass is 10.1. The molecule has 3 nitrogen and oxygen atoms in total. The molecule has 1 rings (SSSR count). The monoisotopic (exact) mass is 291 g/mol. The summed E-state index contributed by atoms with van der Waals surface area (Å²) in [5.41, 5.74) is 0.657. The molecule has 0 saturated heterocycles. The molecule has 0 heterocycles. The first kappa shape index (κ1) is 15.7. The predicted molar refractivity (Wildman–Crippen MR) is 75.2 cm³/mol. The van der Waals surface area contributed by atoms with E-state index in [4.69, 9.17) is 28.3 Å². The van der Waals surface area contributed by atoms with Crippen molar-refractivity contribution in [1.29, 1.82) is 0 Å². The Kier molecular flexibility index (Phi) is 6.97. The second kappa shape index (κ2) is 7.97. The average molecular weight is 292 g/mol. The number of hydrogen-bond donors (Lipinski definition) is 2. The highest BCUT2D eigenvalue weighted by Gasteiger charge is 2.13. The van der Waals surface area contributed by atoms with Gasteiger partial charge >= 0.3 is 0 Å². The minimum atomic E-state index is -0.635. The second-order valence-electron chi connectivity index (χ2n) is 4.13. The van der Waals surface area contributed by atoms with E-state index in [1.165, 1.54) is 0 Å². The summed E-state index contributed by atoms with van der Waals surface area (Å²) in [6.07, 6.45) is -0.0718. The van der Waals surface area contributed by atoms with Crippen molar-refractivity contribution in [1.82, 2.24) is 4.90 Å². The number of aliphatic hydroxyl groups is 2. The molecular formula is C13H19Cl2NO2. The van der Waals surface area contributed by atoms with E-state index >= 15 is 0 Å². The van der Waals surface area contributed by atoms with Gasteiger partial charge in [0.05, 0.1) is 12.7 Å². The van der Waals surface area contributed by atoms with E-state index in [-0.39, 0.29) is 6.61 Å². The van der Waals surface area contributed by atoms with E-state index < -0.39 is 6.10 Å². The van der Waals surface area contributed by atoms with Crippen LogP contribution in [0.5, 0.6) is 0 Å². The van der Waals surface area contributed by atoms with Gasteiger partial charge in [-0.15, -0.1) is 0 Å². The van der Waals surface area contributed by atoms with Crippen molar-refractivity contribution in [2.45, 2.75) is 19.4 Å². The number of likely N-dealkylation sites (N-methyl/N-ethyl adjacent to an activating group) is 1. The van der Waals surface area contributed by atoms with E-state index in [1.807, 2.05) is 6.92 Å². The molecule has 0 aliphatic carbocycles. The van der Waals surface area contributed by atoms with Crippen molar-refractivity contribution in [2.24, 2.45) is 0 Å². The van der Waals surface area contributed by atoms with E-state index in [1.54, 1.807) is 18.2 Å². The van der Waals surface area contributed by atoms with Gasteiger partial charge in [0, 0.05) is 28.7 Å². The minimum absolute atomic E-state index is 0.127. The number of aliphatic hydroxyl groups excluding tert-OH is 2. The summed E-state index contributed by atoms with van der Waals surface area (Å²) in [6.45, 7) is 4.32. The van der Waals surface area contributed by atoms with Crippen LogP contribution in [-0.4, -0.2) is 41.4 Å². The summed E-state index contributed by atoms with van der Waals surface area (Å²) in [4.78, 5) is 2.07. The van der Waals surface area contributed by atoms with E-state index in [0.717, 1.165) is 6.54 Å². The first-order valence-corrected chi connectivity index (χ1v) is 6.80. The molecule has 0 bridgehead atoms. The quantitative estimate of drug-likeness (QED) is 0.812. The fraction of sp³-hybridized carbons (Fsp3) is 0.538. The molecule has 0 saturated carbocycles. The van der Waals surface area contributed by atoms with Crippen molar-refractivity contribution in [2.75, 3.05) is 26.2 Å². The summed E-state index contributed by atoms with van der Waals surface area (Å²) in [5.74, 6) is 0. The molecule has 0 aromatic heterocycles. The zero-order valence-corrected chi connectivity index (χ0v) is 12.0. The number of rotatable bonds is 7. The smallest absolute Gasteiger partial charge is 0.0817 e. The first-order chi connectivity index (χ1) is 8.58. The molecule has 2 N–H and O–H groups in total. The van der Waals surface area contributed by atoms with Crippen LogP contribution in [0.1, 0.15) is 25.0 Å². The van der Waals surface area contributed by atoms with Crippen LogP contribution < -0.4 is 0 Å². The lowest BCUT2D eigenvalue weighted by molar-refractivity contribution is 0.133. The summed E-state index contributed by atoms with van der Waals surface area (Å²) in [5, 5.41) is 20.1. The zero-order chi connectivity index (χ0) is 13.5. The topological polar surface area (TPSA) is 43.7 Å². The predicted octanol–water partition coefficient (Wildman–Crippen LogP) is 2.73. The van der Waals surface area contributed by atoms with Crippen LogP contribution in [0, 0.1) is 0 Å². The molecule has 0 fully saturated rings. The van der Waals surface area contributed by atoms with Crippen molar-refractivity contribution < 1.29 is 10.2 Å². The zero-order valence-electron chi connectivity index (χ0n) is 10.4. The molecule has 0 spiro atoms. The van der Waals surface area contributed by atoms with Crippen molar-refractivity contribution in [3.05, 3.63) is 33.8 Å². The lowest BCUT2D eigenvalue weighted by Crippen LogP contribution is -2.28. The van der Waals surface area contributed by atoms with Crippen LogP contribution in [0.4, 0.5) is 0 Å². The van der Waals surface area contributed by atoms with Gasteiger partial charge < -0.3 is 15.1 Å². The normalized spacial score (nSPS) is 13.0. The summed E-state index contributed by atoms with van der Waals surface area (Å²) >= 11 is 11.9. The summed E-state index contributed by atoms with van der Waals surface area (Å²) in [7, 11) is 0. The molecule has 0 aliphatic rings. The van der Waals surface area contributed by atoms with Crippen LogP contribution in [0.25, 0.3) is 0 Å². The van der Waals surface area contributed by atoms with Gasteiger partial charge in [0.15, 0.2) is 0 Å². The van der Waals surface area contributed by atoms with Gasteiger partial charge in [-0.25, -0.2) is 0 Å². The Morgan fingerprint density at radius 2 is 2.00 bits per heavy atom. The van der Waals surface area contributed by atoms with Crippen LogP contribution >= 0.6 is 23.2 Å². The number of benzene rings is 1. The van der Waals surface area contributed by atoms with Crippen LogP contribution in [0.2, 0.25) is 10.0 Å². The molecule has 1 unspecified atom stereocenters. The Hall–Kier alpha value is -0.320. The Bertz CT molecular complexity index is 374. The Morgan fingerprint density at radius 1 is 1.28 bits per heavy atom. The highest BCUT2D eigenvalue weighted by Crippen LogP contribution is 2.28. The Balaban J connectivity index is 2.59. The fourth-order valence-electron chi connectivity index (χ4n) is 1.80. The Morgan fingerprint density at radius 3 is 2.61 bits per heavy atom. The maximum Gasteiger partial charge on any atom is 0.0817 e. The molecule has 1 aromatic carbocycles. The number of halogens is 2. The van der Waals surface area contributed by atoms with Gasteiger partial charge in [0.2, 0.25) is 0 Å². The highest BCUT2D eigenvalue weighted by molar-refractivity contribution is 6.33. The summed E-state index contributed by atoms with van der Waals surface area (Å²) < 4.78 is 0. The molecule has 1 atom stereocenters. The second-order valence-corrected chi connectivity index (χ2v) is 4.97. The highest BCUT2D eigenvalue weighted by atomic mass is 35.5. The molecular weight excluding hydrogens is 273 g/mol. The van der Waals surface area contributed by atoms with Crippen molar-refractivity contribution >= 4 is 23.2 Å². The van der Waals surface area contributed by atoms with Gasteiger partial charge in [-0.2, -0.15) is 0 Å². The van der Waals surface area contributed by atoms with E-state index in [0.29, 0.717) is 35.1 Å². The van der Waals surface area contributed by atoms with Gasteiger partial charge in [0.25, 0.3) is 0 Å². The molecule has 0 aliphatic heterocycles. The molecule has 5 heteroatoms. The molecule has 1 aromatic rings. The minimum Gasteiger partial charge on any atom is -0.395 e. The van der Waals surface area contributed by atoms with Crippen LogP contribution in [-0.2, 0) is 0 Å². The molecule has 102 valence electrons. The average Bonchev–Trinajstić information content (AvgIpc) is 2.37. The lowest BCUT2D eigenvalue weighted by Gasteiger charge is -2.21. The number of nitrogens with zero attached hydrogens (tertiary/aromatic N) is 1. The SMILES string of the molecule is CCN(CCO)CCC(O)c1cc(Cl)ccc1Cl. The molecule has 0 radical (unpaired) electrons. The van der Waals surface area contributed by atoms with Gasteiger partial charge in [-0.3, -0.25) is 0 Å². The third kappa shape index (κ3) is 4.75. The summed E-state index contributed by atoms with van der Waals surface area (Å²) in [6, 6.07) is 5.08. The maximum atomic E-state index is 10.1. The third-order valence-electron chi connectivity index (χ3n) is 2.90. The van der Waals surface area contributed by atoms with Gasteiger partial charge in [-0.05, 0) is 31.2 Å². The van der Waals surface area contributed by atoms with E-state index in [2.05, 4.69) is 4.90 Å². The molecule has 18 heavy (non-hydrogen) atoms. The van der Waals surface area contributed by atoms with Gasteiger partial charge in [0.1, 0.15) is 0 Å². The maximum absolute atomic E-state index is 10.1. The number of hydrogen-bond acceptors (Lipinski definition) is 3. The standard InChI is InChI=1S/C13H19Cl2NO2/c1-2-16(7-8-17)6-5-13(18)11-9-10(14)3-4-12(11)15/h3-4,9,13,17-18H,2,5-8H2,1H3. The van der Waals surface area contributed by atoms with Crippen LogP contribution in [0.3, 0.4) is 0 Å². The van der Waals surface area contributed by atoms with Crippen LogP contribution in [0.15, 0.2) is 18.2 Å². The van der Waals surface area contributed by atoms with E-state index in [9.17, 15) is 5.11 Å².